The standard InChI is InChI=1S/C16H19N3O3/c1-10(2)13(14-17-7-8-19(14)3)18-15(20)11-5-4-6-12(9-11)16(21)22/h4-10,13H,1-3H3,(H,18,20)(H,21,22)/t13-/m1/s1. The lowest BCUT2D eigenvalue weighted by Crippen LogP contribution is -2.33. The number of carbonyl (C=O) groups is 2. The van der Waals surface area contributed by atoms with Gasteiger partial charge in [-0.05, 0) is 24.1 Å². The van der Waals surface area contributed by atoms with Gasteiger partial charge >= 0.3 is 5.97 Å². The molecule has 1 atom stereocenters. The van der Waals surface area contributed by atoms with E-state index in [0.717, 1.165) is 5.82 Å². The highest BCUT2D eigenvalue weighted by atomic mass is 16.4. The summed E-state index contributed by atoms with van der Waals surface area (Å²) in [6.45, 7) is 3.99. The average molecular weight is 301 g/mol. The van der Waals surface area contributed by atoms with Gasteiger partial charge in [0.05, 0.1) is 11.6 Å². The summed E-state index contributed by atoms with van der Waals surface area (Å²) in [5.74, 6) is -0.464. The van der Waals surface area contributed by atoms with E-state index in [1.54, 1.807) is 18.3 Å². The molecule has 0 aliphatic heterocycles. The predicted octanol–water partition coefficient (Wildman–Crippen LogP) is 2.25. The first kappa shape index (κ1) is 15.8. The van der Waals surface area contributed by atoms with Gasteiger partial charge in [-0.25, -0.2) is 9.78 Å². The van der Waals surface area contributed by atoms with Crippen molar-refractivity contribution in [3.63, 3.8) is 0 Å². The zero-order chi connectivity index (χ0) is 16.3. The Hall–Kier alpha value is -2.63. The molecule has 0 spiro atoms. The molecule has 1 aromatic heterocycles. The lowest BCUT2D eigenvalue weighted by atomic mass is 10.0. The van der Waals surface area contributed by atoms with Crippen molar-refractivity contribution in [3.8, 4) is 0 Å². The lowest BCUT2D eigenvalue weighted by Gasteiger charge is -2.22. The highest BCUT2D eigenvalue weighted by Gasteiger charge is 2.22. The van der Waals surface area contributed by atoms with Crippen LogP contribution in [0.3, 0.4) is 0 Å². The summed E-state index contributed by atoms with van der Waals surface area (Å²) in [6.07, 6.45) is 3.50. The van der Waals surface area contributed by atoms with Crippen molar-refractivity contribution < 1.29 is 14.7 Å². The van der Waals surface area contributed by atoms with Crippen LogP contribution in [0.5, 0.6) is 0 Å². The Morgan fingerprint density at radius 3 is 2.50 bits per heavy atom. The molecule has 116 valence electrons. The SMILES string of the molecule is CC(C)[C@@H](NC(=O)c1cccc(C(=O)O)c1)c1nccn1C. The molecular formula is C16H19N3O3. The topological polar surface area (TPSA) is 84.2 Å². The second-order valence-electron chi connectivity index (χ2n) is 5.48. The van der Waals surface area contributed by atoms with Crippen molar-refractivity contribution in [2.75, 3.05) is 0 Å². The molecule has 0 bridgehead atoms. The minimum absolute atomic E-state index is 0.0886. The summed E-state index contributed by atoms with van der Waals surface area (Å²) in [7, 11) is 1.87. The number of aromatic nitrogens is 2. The van der Waals surface area contributed by atoms with Crippen molar-refractivity contribution in [2.24, 2.45) is 13.0 Å². The summed E-state index contributed by atoms with van der Waals surface area (Å²) in [6, 6.07) is 5.73. The van der Waals surface area contributed by atoms with E-state index in [1.807, 2.05) is 31.7 Å². The summed E-state index contributed by atoms with van der Waals surface area (Å²) >= 11 is 0. The molecule has 6 heteroatoms. The Labute approximate surface area is 128 Å². The molecule has 0 fully saturated rings. The fourth-order valence-electron chi connectivity index (χ4n) is 2.22. The van der Waals surface area contributed by atoms with E-state index in [4.69, 9.17) is 5.11 Å². The number of hydrogen-bond acceptors (Lipinski definition) is 3. The van der Waals surface area contributed by atoms with Crippen LogP contribution >= 0.6 is 0 Å². The van der Waals surface area contributed by atoms with Gasteiger partial charge in [-0.15, -0.1) is 0 Å². The third-order valence-corrected chi connectivity index (χ3v) is 3.46. The molecule has 1 aromatic carbocycles. The number of amides is 1. The number of nitrogens with one attached hydrogen (secondary N) is 1. The monoisotopic (exact) mass is 301 g/mol. The number of carboxylic acids is 1. The van der Waals surface area contributed by atoms with Crippen LogP contribution in [0.15, 0.2) is 36.7 Å². The van der Waals surface area contributed by atoms with Gasteiger partial charge in [0.15, 0.2) is 0 Å². The predicted molar refractivity (Wildman–Crippen MR) is 81.7 cm³/mol. The number of carbonyl (C=O) groups excluding carboxylic acids is 1. The van der Waals surface area contributed by atoms with Crippen LogP contribution < -0.4 is 5.32 Å². The van der Waals surface area contributed by atoms with Crippen LogP contribution in [0, 0.1) is 5.92 Å². The van der Waals surface area contributed by atoms with Gasteiger partial charge < -0.3 is 15.0 Å². The molecule has 0 saturated heterocycles. The molecule has 0 unspecified atom stereocenters. The van der Waals surface area contributed by atoms with Crippen LogP contribution in [0.25, 0.3) is 0 Å². The Kier molecular flexibility index (Phi) is 4.60. The molecule has 6 nitrogen and oxygen atoms in total. The maximum absolute atomic E-state index is 12.4. The first-order valence-electron chi connectivity index (χ1n) is 7.01. The van der Waals surface area contributed by atoms with E-state index in [9.17, 15) is 9.59 Å². The van der Waals surface area contributed by atoms with Crippen LogP contribution in [0.4, 0.5) is 0 Å². The molecule has 0 radical (unpaired) electrons. The summed E-state index contributed by atoms with van der Waals surface area (Å²) in [5.41, 5.74) is 0.408. The molecule has 22 heavy (non-hydrogen) atoms. The van der Waals surface area contributed by atoms with Crippen molar-refractivity contribution in [2.45, 2.75) is 19.9 Å². The van der Waals surface area contributed by atoms with Crippen LogP contribution in [-0.2, 0) is 7.05 Å². The largest absolute Gasteiger partial charge is 0.478 e. The van der Waals surface area contributed by atoms with E-state index >= 15 is 0 Å². The van der Waals surface area contributed by atoms with Crippen LogP contribution in [-0.4, -0.2) is 26.5 Å². The molecule has 1 amide bonds. The Morgan fingerprint density at radius 1 is 1.27 bits per heavy atom. The first-order valence-corrected chi connectivity index (χ1v) is 7.01. The highest BCUT2D eigenvalue weighted by molar-refractivity contribution is 5.97. The number of benzene rings is 1. The fourth-order valence-corrected chi connectivity index (χ4v) is 2.22. The number of carboxylic acid groups (broad SMARTS) is 1. The maximum atomic E-state index is 12.4. The van der Waals surface area contributed by atoms with Crippen molar-refractivity contribution >= 4 is 11.9 Å². The quantitative estimate of drug-likeness (QED) is 0.887. The van der Waals surface area contributed by atoms with E-state index in [2.05, 4.69) is 10.3 Å². The molecule has 0 aliphatic rings. The lowest BCUT2D eigenvalue weighted by molar-refractivity contribution is 0.0697. The van der Waals surface area contributed by atoms with Gasteiger partial charge in [-0.2, -0.15) is 0 Å². The zero-order valence-electron chi connectivity index (χ0n) is 12.8. The summed E-state index contributed by atoms with van der Waals surface area (Å²) in [5, 5.41) is 11.9. The molecular weight excluding hydrogens is 282 g/mol. The molecule has 1 heterocycles. The van der Waals surface area contributed by atoms with Gasteiger partial charge in [-0.3, -0.25) is 4.79 Å². The average Bonchev–Trinajstić information content (AvgIpc) is 2.90. The first-order chi connectivity index (χ1) is 10.4. The minimum atomic E-state index is -1.06. The maximum Gasteiger partial charge on any atom is 0.335 e. The minimum Gasteiger partial charge on any atom is -0.478 e. The summed E-state index contributed by atoms with van der Waals surface area (Å²) in [4.78, 5) is 27.7. The van der Waals surface area contributed by atoms with Crippen LogP contribution in [0.2, 0.25) is 0 Å². The number of hydrogen-bond donors (Lipinski definition) is 2. The normalized spacial score (nSPS) is 12.2. The molecule has 2 N–H and O–H groups in total. The van der Waals surface area contributed by atoms with Gasteiger partial charge in [0, 0.05) is 25.0 Å². The number of nitrogens with zero attached hydrogens (tertiary/aromatic N) is 2. The van der Waals surface area contributed by atoms with E-state index in [0.29, 0.717) is 5.56 Å². The third kappa shape index (κ3) is 3.33. The molecule has 2 aromatic rings. The van der Waals surface area contributed by atoms with Crippen molar-refractivity contribution in [1.29, 1.82) is 0 Å². The number of aryl methyl sites for hydroxylation is 1. The fraction of sp³-hybridized carbons (Fsp3) is 0.312. The zero-order valence-corrected chi connectivity index (χ0v) is 12.8. The van der Waals surface area contributed by atoms with Crippen molar-refractivity contribution in [3.05, 3.63) is 53.6 Å². The van der Waals surface area contributed by atoms with E-state index in [-0.39, 0.29) is 23.4 Å². The second kappa shape index (κ2) is 6.43. The Bertz CT molecular complexity index is 691. The van der Waals surface area contributed by atoms with Crippen LogP contribution in [0.1, 0.15) is 46.4 Å². The molecule has 0 saturated carbocycles. The number of aromatic carboxylic acids is 1. The Morgan fingerprint density at radius 2 is 1.95 bits per heavy atom. The van der Waals surface area contributed by atoms with Crippen molar-refractivity contribution in [1.82, 2.24) is 14.9 Å². The number of imidazole rings is 1. The highest BCUT2D eigenvalue weighted by Crippen LogP contribution is 2.20. The summed E-state index contributed by atoms with van der Waals surface area (Å²) < 4.78 is 1.86. The Balaban J connectivity index is 2.24. The smallest absolute Gasteiger partial charge is 0.335 e. The van der Waals surface area contributed by atoms with E-state index < -0.39 is 5.97 Å². The third-order valence-electron chi connectivity index (χ3n) is 3.46. The molecule has 0 aliphatic carbocycles. The second-order valence-corrected chi connectivity index (χ2v) is 5.48. The molecule has 2 rings (SSSR count). The van der Waals surface area contributed by atoms with Gasteiger partial charge in [0.25, 0.3) is 5.91 Å². The van der Waals surface area contributed by atoms with Gasteiger partial charge in [0.1, 0.15) is 5.82 Å². The van der Waals surface area contributed by atoms with Gasteiger partial charge in [0.2, 0.25) is 0 Å². The van der Waals surface area contributed by atoms with E-state index in [1.165, 1.54) is 12.1 Å². The number of rotatable bonds is 5. The van der Waals surface area contributed by atoms with Gasteiger partial charge in [-0.1, -0.05) is 19.9 Å².